The molecule has 0 aliphatic rings. The van der Waals surface area contributed by atoms with E-state index in [2.05, 4.69) is 36.8 Å². The molecule has 0 saturated carbocycles. The molecule has 0 aliphatic heterocycles. The number of aliphatic imine (C=N–C) groups is 3. The average molecular weight is 795 g/mol. The summed E-state index contributed by atoms with van der Waals surface area (Å²) in [5, 5.41) is 3.11. The fraction of sp³-hybridized carbons (Fsp3) is 0.368. The normalized spacial score (nSPS) is 12.5. The van der Waals surface area contributed by atoms with Crippen molar-refractivity contribution in [3.05, 3.63) is 84.0 Å². The third-order valence-electron chi connectivity index (χ3n) is 7.22. The molecule has 0 spiro atoms. The molecule has 57 heavy (non-hydrogen) atoms. The van der Waals surface area contributed by atoms with Crippen molar-refractivity contribution in [3.63, 3.8) is 0 Å². The summed E-state index contributed by atoms with van der Waals surface area (Å²) in [5.74, 6) is -2.02. The van der Waals surface area contributed by atoms with Gasteiger partial charge in [-0.15, -0.1) is 0 Å². The summed E-state index contributed by atoms with van der Waals surface area (Å²) < 4.78 is 53.4. The number of anilines is 1. The van der Waals surface area contributed by atoms with Gasteiger partial charge in [-0.1, -0.05) is 19.9 Å². The van der Waals surface area contributed by atoms with E-state index < -0.39 is 48.5 Å². The van der Waals surface area contributed by atoms with Gasteiger partial charge in [-0.2, -0.15) is 15.0 Å². The summed E-state index contributed by atoms with van der Waals surface area (Å²) in [6, 6.07) is 8.67. The predicted molar refractivity (Wildman–Crippen MR) is 208 cm³/mol. The number of amidine groups is 3. The third kappa shape index (κ3) is 15.5. The van der Waals surface area contributed by atoms with Crippen molar-refractivity contribution in [1.29, 1.82) is 0 Å². The van der Waals surface area contributed by atoms with Crippen LogP contribution in [-0.4, -0.2) is 85.2 Å². The Labute approximate surface area is 329 Å². The van der Waals surface area contributed by atoms with E-state index in [0.717, 1.165) is 6.42 Å². The Bertz CT molecular complexity index is 1940. The number of rotatable bonds is 18. The first-order valence-corrected chi connectivity index (χ1v) is 17.4. The van der Waals surface area contributed by atoms with Crippen molar-refractivity contribution in [2.24, 2.45) is 26.4 Å². The van der Waals surface area contributed by atoms with Crippen molar-refractivity contribution in [2.75, 3.05) is 39.0 Å². The van der Waals surface area contributed by atoms with Gasteiger partial charge in [0.15, 0.2) is 11.6 Å². The van der Waals surface area contributed by atoms with Gasteiger partial charge in [-0.3, -0.25) is 4.79 Å². The zero-order valence-corrected chi connectivity index (χ0v) is 32.6. The summed E-state index contributed by atoms with van der Waals surface area (Å²) in [5.41, 5.74) is 13.1. The summed E-state index contributed by atoms with van der Waals surface area (Å²) in [6.45, 7) is 10.9. The van der Waals surface area contributed by atoms with Crippen LogP contribution < -0.4 is 26.3 Å². The Balaban J connectivity index is 2.05. The van der Waals surface area contributed by atoms with E-state index in [-0.39, 0.29) is 54.5 Å². The lowest BCUT2D eigenvalue weighted by Gasteiger charge is -2.24. The number of benzene rings is 2. The maximum atomic E-state index is 16.4. The number of amides is 1. The van der Waals surface area contributed by atoms with E-state index in [4.69, 9.17) is 44.6 Å². The summed E-state index contributed by atoms with van der Waals surface area (Å²) >= 11 is 0. The van der Waals surface area contributed by atoms with Crippen LogP contribution in [0.1, 0.15) is 64.6 Å². The van der Waals surface area contributed by atoms with Crippen LogP contribution in [0.3, 0.4) is 0 Å². The van der Waals surface area contributed by atoms with E-state index in [1.807, 2.05) is 6.92 Å². The number of nitrogens with two attached hydrogens (primary N) is 2. The van der Waals surface area contributed by atoms with Crippen molar-refractivity contribution >= 4 is 47.5 Å². The van der Waals surface area contributed by atoms with Crippen LogP contribution >= 0.6 is 0 Å². The summed E-state index contributed by atoms with van der Waals surface area (Å²) in [7, 11) is 1.37. The smallest absolute Gasteiger partial charge is 0.497 e. The number of nitrogens with one attached hydrogen (secondary N) is 1. The number of aromatic nitrogens is 2. The lowest BCUT2D eigenvalue weighted by molar-refractivity contribution is -0.141. The molecular weight excluding hydrogens is 747 g/mol. The maximum absolute atomic E-state index is 16.4. The molecule has 1 unspecified atom stereocenters. The molecule has 1 heterocycles. The van der Waals surface area contributed by atoms with Gasteiger partial charge in [-0.25, -0.2) is 23.9 Å². The van der Waals surface area contributed by atoms with E-state index >= 15 is 4.39 Å². The Hall–Kier alpha value is -6.79. The first kappa shape index (κ1) is 44.6. The van der Waals surface area contributed by atoms with E-state index in [1.165, 1.54) is 38.6 Å². The highest BCUT2D eigenvalue weighted by Gasteiger charge is 2.26. The highest BCUT2D eigenvalue weighted by molar-refractivity contribution is 6.03. The van der Waals surface area contributed by atoms with Crippen LogP contribution in [0.5, 0.6) is 11.5 Å². The van der Waals surface area contributed by atoms with Crippen LogP contribution in [0.2, 0.25) is 0 Å². The van der Waals surface area contributed by atoms with Crippen LogP contribution in [0, 0.1) is 5.82 Å². The Kier molecular flexibility index (Phi) is 17.2. The number of hydrogen-bond acceptors (Lipinski definition) is 14. The fourth-order valence-corrected chi connectivity index (χ4v) is 4.70. The molecule has 3 rings (SSSR count). The van der Waals surface area contributed by atoms with E-state index in [0.29, 0.717) is 23.2 Å². The number of carbonyl (C=O) groups is 3. The van der Waals surface area contributed by atoms with Gasteiger partial charge in [-0.05, 0) is 69.2 Å². The van der Waals surface area contributed by atoms with Gasteiger partial charge in [0.25, 0.3) is 5.95 Å². The van der Waals surface area contributed by atoms with Crippen molar-refractivity contribution < 1.29 is 51.9 Å². The molecule has 0 bridgehead atoms. The Morgan fingerprint density at radius 2 is 1.68 bits per heavy atom. The van der Waals surface area contributed by atoms with Gasteiger partial charge >= 0.3 is 24.2 Å². The van der Waals surface area contributed by atoms with Gasteiger partial charge < -0.3 is 49.9 Å². The minimum atomic E-state index is -1.31. The average Bonchev–Trinajstić information content (AvgIpc) is 3.15. The third-order valence-corrected chi connectivity index (χ3v) is 7.22. The molecule has 1 aromatic heterocycles. The first-order valence-electron chi connectivity index (χ1n) is 17.4. The topological polar surface area (TPSA) is 243 Å². The SMILES string of the molecule is C=C(C)COC(=O)N=C(N)c1ccc(NC(C(N)=NC(=Nc2ncccn2)OCOC(=O)OC(C)(C)CCC)c2cc(OC)cc(OCCOC(C)=O)c2F)cc1. The predicted octanol–water partition coefficient (Wildman–Crippen LogP) is 5.89. The van der Waals surface area contributed by atoms with Gasteiger partial charge in [0.05, 0.1) is 7.11 Å². The number of nitrogens with zero attached hydrogens (tertiary/aromatic N) is 5. The Morgan fingerprint density at radius 1 is 0.982 bits per heavy atom. The zero-order valence-electron chi connectivity index (χ0n) is 32.6. The van der Waals surface area contributed by atoms with Crippen molar-refractivity contribution in [3.8, 4) is 11.5 Å². The molecule has 306 valence electrons. The molecule has 1 amide bonds. The van der Waals surface area contributed by atoms with Crippen LogP contribution in [0.4, 0.5) is 25.6 Å². The molecule has 5 N–H and O–H groups in total. The molecule has 2 aromatic carbocycles. The molecule has 1 atom stereocenters. The molecule has 0 radical (unpaired) electrons. The van der Waals surface area contributed by atoms with Crippen molar-refractivity contribution in [1.82, 2.24) is 9.97 Å². The number of ether oxygens (including phenoxy) is 7. The monoisotopic (exact) mass is 794 g/mol. The number of methoxy groups -OCH3 is 1. The largest absolute Gasteiger partial charge is 0.511 e. The first-order chi connectivity index (χ1) is 27.1. The van der Waals surface area contributed by atoms with Crippen LogP contribution in [-0.2, 0) is 28.5 Å². The highest BCUT2D eigenvalue weighted by atomic mass is 19.1. The maximum Gasteiger partial charge on any atom is 0.511 e. The number of hydrogen-bond donors (Lipinski definition) is 3. The quantitative estimate of drug-likeness (QED) is 0.0259. The lowest BCUT2D eigenvalue weighted by Crippen LogP contribution is -2.31. The minimum Gasteiger partial charge on any atom is -0.497 e. The number of halogens is 1. The molecule has 18 nitrogen and oxygen atoms in total. The molecule has 0 saturated heterocycles. The molecule has 19 heteroatoms. The number of carbonyl (C=O) groups excluding carboxylic acids is 3. The minimum absolute atomic E-state index is 0.0184. The van der Waals surface area contributed by atoms with Crippen LogP contribution in [0.25, 0.3) is 0 Å². The molecule has 0 aliphatic carbocycles. The zero-order chi connectivity index (χ0) is 42.0. The second-order valence-corrected chi connectivity index (χ2v) is 12.6. The van der Waals surface area contributed by atoms with E-state index in [1.54, 1.807) is 51.1 Å². The second kappa shape index (κ2) is 21.9. The van der Waals surface area contributed by atoms with E-state index in [9.17, 15) is 14.4 Å². The lowest BCUT2D eigenvalue weighted by atomic mass is 10.0. The fourth-order valence-electron chi connectivity index (χ4n) is 4.70. The molecule has 0 fully saturated rings. The van der Waals surface area contributed by atoms with Gasteiger partial charge in [0, 0.05) is 42.2 Å². The van der Waals surface area contributed by atoms with Gasteiger partial charge in [0.1, 0.15) is 48.9 Å². The van der Waals surface area contributed by atoms with Crippen LogP contribution in [0.15, 0.2) is 82.0 Å². The standard InChI is InChI=1S/C38H47FN8O10/c1-8-14-38(5,6)57-37(50)56-22-55-35(47-34-42-15-9-16-43-34)45-33(41)31(28-19-27(51-7)20-29(30(28)39)53-18-17-52-24(4)48)44-26-12-10-25(11-13-26)32(40)46-36(49)54-21-23(2)3/h9-13,15-16,19-20,31,44H,2,8,14,17-18,21-22H2,1,3-7H3,(H2,40,46,49)(H2,41,42,43,45,47). The summed E-state index contributed by atoms with van der Waals surface area (Å²) in [4.78, 5) is 56.1. The number of esters is 1. The Morgan fingerprint density at radius 3 is 2.32 bits per heavy atom. The van der Waals surface area contributed by atoms with Crippen molar-refractivity contribution in [2.45, 2.75) is 59.1 Å². The second-order valence-electron chi connectivity index (χ2n) is 12.6. The molecule has 3 aromatic rings. The highest BCUT2D eigenvalue weighted by Crippen LogP contribution is 2.33. The molecular formula is C38H47FN8O10. The van der Waals surface area contributed by atoms with Gasteiger partial charge in [0.2, 0.25) is 6.79 Å². The summed E-state index contributed by atoms with van der Waals surface area (Å²) in [6.07, 6.45) is 2.30.